The smallest absolute Gasteiger partial charge is 0.205 e. The summed E-state index contributed by atoms with van der Waals surface area (Å²) in [6.07, 6.45) is 2.61. The third-order valence-electron chi connectivity index (χ3n) is 2.64. The fraction of sp³-hybridized carbons (Fsp3) is 0.818. The Hall–Kier alpha value is -0.160. The van der Waals surface area contributed by atoms with Gasteiger partial charge in [-0.25, -0.2) is 4.98 Å². The molecule has 1 aromatic rings. The lowest BCUT2D eigenvalue weighted by atomic mass is 9.96. The highest BCUT2D eigenvalue weighted by Crippen LogP contribution is 2.34. The van der Waals surface area contributed by atoms with Gasteiger partial charge >= 0.3 is 0 Å². The van der Waals surface area contributed by atoms with Gasteiger partial charge in [0.15, 0.2) is 0 Å². The Morgan fingerprint density at radius 3 is 2.56 bits per heavy atom. The third-order valence-corrected chi connectivity index (χ3v) is 3.75. The SMILES string of the molecule is CC(C)(C)c1nsc(N(CCBr)C2CC2)n1. The van der Waals surface area contributed by atoms with Crippen LogP contribution in [-0.4, -0.2) is 27.3 Å². The van der Waals surface area contributed by atoms with E-state index >= 15 is 0 Å². The first-order chi connectivity index (χ1) is 7.52. The molecule has 0 spiro atoms. The van der Waals surface area contributed by atoms with Crippen molar-refractivity contribution in [2.45, 2.75) is 45.1 Å². The fourth-order valence-corrected chi connectivity index (χ4v) is 2.89. The van der Waals surface area contributed by atoms with E-state index in [2.05, 4.69) is 51.0 Å². The van der Waals surface area contributed by atoms with Crippen LogP contribution in [0.4, 0.5) is 5.13 Å². The van der Waals surface area contributed by atoms with Crippen molar-refractivity contribution in [2.24, 2.45) is 0 Å². The highest BCUT2D eigenvalue weighted by atomic mass is 79.9. The molecule has 5 heteroatoms. The van der Waals surface area contributed by atoms with Crippen LogP contribution in [0.1, 0.15) is 39.4 Å². The average Bonchev–Trinajstić information content (AvgIpc) is 2.89. The molecule has 1 saturated carbocycles. The normalized spacial score (nSPS) is 16.5. The van der Waals surface area contributed by atoms with E-state index in [9.17, 15) is 0 Å². The Morgan fingerprint density at radius 1 is 1.44 bits per heavy atom. The molecule has 3 nitrogen and oxygen atoms in total. The van der Waals surface area contributed by atoms with Gasteiger partial charge < -0.3 is 4.90 Å². The molecule has 1 aliphatic carbocycles. The summed E-state index contributed by atoms with van der Waals surface area (Å²) in [5.74, 6) is 0.965. The Labute approximate surface area is 110 Å². The maximum atomic E-state index is 4.67. The molecule has 0 saturated heterocycles. The van der Waals surface area contributed by atoms with Crippen molar-refractivity contribution >= 4 is 32.6 Å². The van der Waals surface area contributed by atoms with E-state index in [1.165, 1.54) is 24.4 Å². The Balaban J connectivity index is 2.15. The van der Waals surface area contributed by atoms with Gasteiger partial charge in [-0.05, 0) is 12.8 Å². The quantitative estimate of drug-likeness (QED) is 0.800. The average molecular weight is 304 g/mol. The van der Waals surface area contributed by atoms with Crippen molar-refractivity contribution in [3.8, 4) is 0 Å². The minimum absolute atomic E-state index is 0.0539. The van der Waals surface area contributed by atoms with E-state index in [1.54, 1.807) is 0 Å². The summed E-state index contributed by atoms with van der Waals surface area (Å²) in [5.41, 5.74) is 0.0539. The number of anilines is 1. The molecule has 1 aromatic heterocycles. The standard InChI is InChI=1S/C11H18BrN3S/c1-11(2,3)9-13-10(16-14-9)15(7-6-12)8-4-5-8/h8H,4-7H2,1-3H3. The molecule has 0 radical (unpaired) electrons. The second-order valence-electron chi connectivity index (χ2n) is 5.26. The summed E-state index contributed by atoms with van der Waals surface area (Å²) < 4.78 is 4.47. The molecule has 90 valence electrons. The van der Waals surface area contributed by atoms with E-state index < -0.39 is 0 Å². The zero-order chi connectivity index (χ0) is 11.8. The number of halogens is 1. The molecule has 0 unspecified atom stereocenters. The van der Waals surface area contributed by atoms with Crippen LogP contribution in [0.2, 0.25) is 0 Å². The molecule has 1 aliphatic rings. The van der Waals surface area contributed by atoms with Crippen molar-refractivity contribution in [1.29, 1.82) is 0 Å². The molecule has 1 fully saturated rings. The van der Waals surface area contributed by atoms with Gasteiger partial charge in [0.05, 0.1) is 0 Å². The highest BCUT2D eigenvalue weighted by Gasteiger charge is 2.31. The molecule has 0 atom stereocenters. The molecule has 1 heterocycles. The number of hydrogen-bond donors (Lipinski definition) is 0. The number of hydrogen-bond acceptors (Lipinski definition) is 4. The molecule has 0 aromatic carbocycles. The van der Waals surface area contributed by atoms with Gasteiger partial charge in [0, 0.05) is 34.9 Å². The molecule has 2 rings (SSSR count). The first kappa shape index (κ1) is 12.3. The minimum atomic E-state index is 0.0539. The van der Waals surface area contributed by atoms with Crippen molar-refractivity contribution in [2.75, 3.05) is 16.8 Å². The summed E-state index contributed by atoms with van der Waals surface area (Å²) in [7, 11) is 0. The van der Waals surface area contributed by atoms with Crippen LogP contribution in [0.5, 0.6) is 0 Å². The molecular formula is C11H18BrN3S. The van der Waals surface area contributed by atoms with Crippen LogP contribution >= 0.6 is 27.5 Å². The van der Waals surface area contributed by atoms with Gasteiger partial charge in [0.1, 0.15) is 5.82 Å². The van der Waals surface area contributed by atoms with E-state index in [1.807, 2.05) is 0 Å². The molecule has 0 bridgehead atoms. The van der Waals surface area contributed by atoms with Gasteiger partial charge in [0.2, 0.25) is 5.13 Å². The predicted octanol–water partition coefficient (Wildman–Crippen LogP) is 3.20. The van der Waals surface area contributed by atoms with Gasteiger partial charge in [-0.15, -0.1) is 0 Å². The maximum absolute atomic E-state index is 4.67. The Kier molecular flexibility index (Phi) is 3.54. The molecule has 0 N–H and O–H groups in total. The van der Waals surface area contributed by atoms with E-state index in [4.69, 9.17) is 0 Å². The lowest BCUT2D eigenvalue weighted by Gasteiger charge is -2.19. The summed E-state index contributed by atoms with van der Waals surface area (Å²) in [6, 6.07) is 0.707. The van der Waals surface area contributed by atoms with Crippen LogP contribution in [0, 0.1) is 0 Å². The number of nitrogens with zero attached hydrogens (tertiary/aromatic N) is 3. The number of alkyl halides is 1. The molecule has 0 aliphatic heterocycles. The maximum Gasteiger partial charge on any atom is 0.205 e. The van der Waals surface area contributed by atoms with Gasteiger partial charge in [-0.3, -0.25) is 0 Å². The van der Waals surface area contributed by atoms with Gasteiger partial charge in [-0.1, -0.05) is 36.7 Å². The van der Waals surface area contributed by atoms with E-state index in [0.717, 1.165) is 22.8 Å². The first-order valence-corrected chi connectivity index (χ1v) is 7.58. The molecule has 0 amide bonds. The summed E-state index contributed by atoms with van der Waals surface area (Å²) >= 11 is 5.04. The van der Waals surface area contributed by atoms with Crippen molar-refractivity contribution < 1.29 is 0 Å². The number of aromatic nitrogens is 2. The second kappa shape index (κ2) is 4.61. The second-order valence-corrected chi connectivity index (χ2v) is 6.79. The van der Waals surface area contributed by atoms with Crippen LogP contribution in [0.15, 0.2) is 0 Å². The summed E-state index contributed by atoms with van der Waals surface area (Å²) in [5, 5.41) is 2.08. The zero-order valence-corrected chi connectivity index (χ0v) is 12.4. The summed E-state index contributed by atoms with van der Waals surface area (Å²) in [4.78, 5) is 7.06. The predicted molar refractivity (Wildman–Crippen MR) is 72.8 cm³/mol. The van der Waals surface area contributed by atoms with E-state index in [0.29, 0.717) is 6.04 Å². The lowest BCUT2D eigenvalue weighted by molar-refractivity contribution is 0.554. The highest BCUT2D eigenvalue weighted by molar-refractivity contribution is 9.09. The minimum Gasteiger partial charge on any atom is -0.343 e. The van der Waals surface area contributed by atoms with Crippen LogP contribution in [-0.2, 0) is 5.41 Å². The lowest BCUT2D eigenvalue weighted by Crippen LogP contribution is -2.27. The number of rotatable bonds is 4. The topological polar surface area (TPSA) is 29.0 Å². The Morgan fingerprint density at radius 2 is 2.12 bits per heavy atom. The van der Waals surface area contributed by atoms with Crippen molar-refractivity contribution in [1.82, 2.24) is 9.36 Å². The van der Waals surface area contributed by atoms with Crippen LogP contribution in [0.25, 0.3) is 0 Å². The Bertz CT molecular complexity index is 354. The fourth-order valence-electron chi connectivity index (χ4n) is 1.55. The van der Waals surface area contributed by atoms with Crippen molar-refractivity contribution in [3.63, 3.8) is 0 Å². The van der Waals surface area contributed by atoms with Crippen LogP contribution in [0.3, 0.4) is 0 Å². The first-order valence-electron chi connectivity index (χ1n) is 5.69. The van der Waals surface area contributed by atoms with Gasteiger partial charge in [0.25, 0.3) is 0 Å². The van der Waals surface area contributed by atoms with Crippen molar-refractivity contribution in [3.05, 3.63) is 5.82 Å². The largest absolute Gasteiger partial charge is 0.343 e. The van der Waals surface area contributed by atoms with Gasteiger partial charge in [-0.2, -0.15) is 4.37 Å². The van der Waals surface area contributed by atoms with E-state index in [-0.39, 0.29) is 5.41 Å². The molecular weight excluding hydrogens is 286 g/mol. The summed E-state index contributed by atoms with van der Waals surface area (Å²) in [6.45, 7) is 7.50. The monoisotopic (exact) mass is 303 g/mol. The third kappa shape index (κ3) is 2.74. The zero-order valence-electron chi connectivity index (χ0n) is 10.0. The van der Waals surface area contributed by atoms with Crippen LogP contribution < -0.4 is 4.90 Å². The molecule has 16 heavy (non-hydrogen) atoms.